The first-order valence-electron chi connectivity index (χ1n) is 7.70. The van der Waals surface area contributed by atoms with Crippen molar-refractivity contribution in [3.63, 3.8) is 0 Å². The minimum atomic E-state index is 0.166. The van der Waals surface area contributed by atoms with Crippen molar-refractivity contribution in [2.75, 3.05) is 24.6 Å². The van der Waals surface area contributed by atoms with Crippen LogP contribution in [-0.4, -0.2) is 30.5 Å². The summed E-state index contributed by atoms with van der Waals surface area (Å²) in [5, 5.41) is 3.08. The highest BCUT2D eigenvalue weighted by molar-refractivity contribution is 7.99. The van der Waals surface area contributed by atoms with Gasteiger partial charge in [0, 0.05) is 19.0 Å². The molecule has 0 bridgehead atoms. The highest BCUT2D eigenvalue weighted by atomic mass is 32.2. The zero-order valence-corrected chi connectivity index (χ0v) is 13.0. The summed E-state index contributed by atoms with van der Waals surface area (Å²) in [6.45, 7) is 1.61. The molecule has 3 N–H and O–H groups in total. The number of carbonyl (C=O) groups excluding carboxylic acids is 1. The molecule has 21 heavy (non-hydrogen) atoms. The van der Waals surface area contributed by atoms with Gasteiger partial charge in [-0.15, -0.1) is 0 Å². The summed E-state index contributed by atoms with van der Waals surface area (Å²) < 4.78 is 0. The third-order valence-electron chi connectivity index (χ3n) is 4.10. The monoisotopic (exact) mass is 305 g/mol. The average molecular weight is 305 g/mol. The average Bonchev–Trinajstić information content (AvgIpc) is 3.21. The van der Waals surface area contributed by atoms with Gasteiger partial charge in [-0.2, -0.15) is 11.8 Å². The lowest BCUT2D eigenvalue weighted by Gasteiger charge is -2.19. The Morgan fingerprint density at radius 2 is 2.10 bits per heavy atom. The first-order valence-corrected chi connectivity index (χ1v) is 8.86. The molecule has 2 atom stereocenters. The van der Waals surface area contributed by atoms with Crippen molar-refractivity contribution >= 4 is 17.7 Å². The SMILES string of the molecule is O=C(CSCC1CC1)NCC1CNNC1c1ccccc1. The zero-order valence-electron chi connectivity index (χ0n) is 12.2. The fourth-order valence-corrected chi connectivity index (χ4v) is 3.71. The predicted molar refractivity (Wildman–Crippen MR) is 86.9 cm³/mol. The molecule has 1 saturated heterocycles. The molecular formula is C16H23N3OS. The van der Waals surface area contributed by atoms with E-state index in [1.807, 2.05) is 6.07 Å². The maximum atomic E-state index is 11.9. The van der Waals surface area contributed by atoms with Crippen LogP contribution < -0.4 is 16.2 Å². The minimum Gasteiger partial charge on any atom is -0.355 e. The molecule has 1 aliphatic heterocycles. The second kappa shape index (κ2) is 7.29. The number of hydrogen-bond acceptors (Lipinski definition) is 4. The van der Waals surface area contributed by atoms with Gasteiger partial charge in [-0.3, -0.25) is 10.2 Å². The predicted octanol–water partition coefficient (Wildman–Crippen LogP) is 1.71. The van der Waals surface area contributed by atoms with Crippen molar-refractivity contribution in [1.82, 2.24) is 16.2 Å². The Hall–Kier alpha value is -1.04. The van der Waals surface area contributed by atoms with Crippen LogP contribution in [0.2, 0.25) is 0 Å². The van der Waals surface area contributed by atoms with Gasteiger partial charge in [0.15, 0.2) is 0 Å². The summed E-state index contributed by atoms with van der Waals surface area (Å²) in [5.41, 5.74) is 7.78. The van der Waals surface area contributed by atoms with Crippen molar-refractivity contribution in [1.29, 1.82) is 0 Å². The summed E-state index contributed by atoms with van der Waals surface area (Å²) in [7, 11) is 0. The first kappa shape index (κ1) is 14.9. The van der Waals surface area contributed by atoms with E-state index in [1.54, 1.807) is 11.8 Å². The first-order chi connectivity index (χ1) is 10.3. The van der Waals surface area contributed by atoms with E-state index < -0.39 is 0 Å². The summed E-state index contributed by atoms with van der Waals surface area (Å²) in [6.07, 6.45) is 2.71. The van der Waals surface area contributed by atoms with Crippen molar-refractivity contribution < 1.29 is 4.79 Å². The largest absolute Gasteiger partial charge is 0.355 e. The molecule has 1 saturated carbocycles. The number of hydrogen-bond donors (Lipinski definition) is 3. The number of rotatable bonds is 7. The van der Waals surface area contributed by atoms with Gasteiger partial charge in [0.05, 0.1) is 11.8 Å². The van der Waals surface area contributed by atoms with Gasteiger partial charge in [-0.25, -0.2) is 5.43 Å². The van der Waals surface area contributed by atoms with Crippen molar-refractivity contribution in [3.05, 3.63) is 35.9 Å². The quantitative estimate of drug-likeness (QED) is 0.718. The Kier molecular flexibility index (Phi) is 5.17. The summed E-state index contributed by atoms with van der Waals surface area (Å²) >= 11 is 1.77. The van der Waals surface area contributed by atoms with Crippen molar-refractivity contribution in [3.8, 4) is 0 Å². The second-order valence-electron chi connectivity index (χ2n) is 5.94. The van der Waals surface area contributed by atoms with Gasteiger partial charge in [0.1, 0.15) is 0 Å². The molecule has 1 aromatic carbocycles. The van der Waals surface area contributed by atoms with Crippen molar-refractivity contribution in [2.24, 2.45) is 11.8 Å². The molecule has 2 aliphatic rings. The summed E-state index contributed by atoms with van der Waals surface area (Å²) in [5.74, 6) is 3.18. The molecular weight excluding hydrogens is 282 g/mol. The number of nitrogens with one attached hydrogen (secondary N) is 3. The molecule has 2 unspecified atom stereocenters. The number of benzene rings is 1. The van der Waals surface area contributed by atoms with Crippen LogP contribution >= 0.6 is 11.8 Å². The third kappa shape index (κ3) is 4.46. The molecule has 0 aromatic heterocycles. The van der Waals surface area contributed by atoms with E-state index in [-0.39, 0.29) is 11.9 Å². The van der Waals surface area contributed by atoms with E-state index in [0.717, 1.165) is 24.8 Å². The zero-order chi connectivity index (χ0) is 14.5. The number of amides is 1. The Balaban J connectivity index is 1.42. The van der Waals surface area contributed by atoms with Crippen LogP contribution in [0.4, 0.5) is 0 Å². The Morgan fingerprint density at radius 1 is 1.29 bits per heavy atom. The summed E-state index contributed by atoms with van der Waals surface area (Å²) in [4.78, 5) is 11.9. The Morgan fingerprint density at radius 3 is 2.86 bits per heavy atom. The fourth-order valence-electron chi connectivity index (χ4n) is 2.64. The molecule has 1 heterocycles. The maximum Gasteiger partial charge on any atom is 0.230 e. The minimum absolute atomic E-state index is 0.166. The van der Waals surface area contributed by atoms with Crippen LogP contribution in [0.15, 0.2) is 30.3 Å². The molecule has 1 aliphatic carbocycles. The van der Waals surface area contributed by atoms with E-state index in [1.165, 1.54) is 18.4 Å². The molecule has 0 radical (unpaired) electrons. The van der Waals surface area contributed by atoms with E-state index in [9.17, 15) is 4.79 Å². The number of thioether (sulfide) groups is 1. The van der Waals surface area contributed by atoms with Gasteiger partial charge >= 0.3 is 0 Å². The van der Waals surface area contributed by atoms with Crippen LogP contribution in [0.5, 0.6) is 0 Å². The van der Waals surface area contributed by atoms with E-state index in [2.05, 4.69) is 40.4 Å². The third-order valence-corrected chi connectivity index (χ3v) is 5.27. The van der Waals surface area contributed by atoms with Crippen LogP contribution in [0.25, 0.3) is 0 Å². The molecule has 1 aromatic rings. The molecule has 0 spiro atoms. The smallest absolute Gasteiger partial charge is 0.230 e. The van der Waals surface area contributed by atoms with Gasteiger partial charge in [-0.05, 0) is 30.1 Å². The molecule has 114 valence electrons. The topological polar surface area (TPSA) is 53.2 Å². The van der Waals surface area contributed by atoms with Crippen LogP contribution in [0.1, 0.15) is 24.4 Å². The van der Waals surface area contributed by atoms with Gasteiger partial charge < -0.3 is 5.32 Å². The second-order valence-corrected chi connectivity index (χ2v) is 6.97. The lowest BCUT2D eigenvalue weighted by atomic mass is 9.95. The Labute approximate surface area is 130 Å². The molecule has 3 rings (SSSR count). The molecule has 1 amide bonds. The normalized spacial score (nSPS) is 25.0. The molecule has 2 fully saturated rings. The van der Waals surface area contributed by atoms with Gasteiger partial charge in [0.2, 0.25) is 5.91 Å². The Bertz CT molecular complexity index is 464. The van der Waals surface area contributed by atoms with E-state index in [0.29, 0.717) is 11.7 Å². The number of carbonyl (C=O) groups is 1. The van der Waals surface area contributed by atoms with E-state index in [4.69, 9.17) is 0 Å². The highest BCUT2D eigenvalue weighted by Crippen LogP contribution is 2.32. The molecule has 5 heteroatoms. The maximum absolute atomic E-state index is 11.9. The lowest BCUT2D eigenvalue weighted by molar-refractivity contribution is -0.118. The highest BCUT2D eigenvalue weighted by Gasteiger charge is 2.28. The fraction of sp³-hybridized carbons (Fsp3) is 0.562. The van der Waals surface area contributed by atoms with Crippen LogP contribution in [0.3, 0.4) is 0 Å². The standard InChI is InChI=1S/C16H23N3OS/c20-15(11-21-10-12-6-7-12)17-8-14-9-18-19-16(14)13-4-2-1-3-5-13/h1-5,12,14,16,18-19H,6-11H2,(H,17,20). The number of hydrazine groups is 1. The molecule has 4 nitrogen and oxygen atoms in total. The van der Waals surface area contributed by atoms with Gasteiger partial charge in [-0.1, -0.05) is 30.3 Å². The van der Waals surface area contributed by atoms with Crippen LogP contribution in [0, 0.1) is 11.8 Å². The van der Waals surface area contributed by atoms with E-state index >= 15 is 0 Å². The summed E-state index contributed by atoms with van der Waals surface area (Å²) in [6, 6.07) is 10.7. The van der Waals surface area contributed by atoms with Gasteiger partial charge in [0.25, 0.3) is 0 Å². The van der Waals surface area contributed by atoms with Crippen molar-refractivity contribution in [2.45, 2.75) is 18.9 Å². The lowest BCUT2D eigenvalue weighted by Crippen LogP contribution is -2.33. The van der Waals surface area contributed by atoms with Crippen LogP contribution in [-0.2, 0) is 4.79 Å².